The number of carbonyl (C=O) groups is 1. The van der Waals surface area contributed by atoms with E-state index < -0.39 is 0 Å². The second kappa shape index (κ2) is 5.55. The van der Waals surface area contributed by atoms with Gasteiger partial charge in [-0.15, -0.1) is 0 Å². The number of carbonyl (C=O) groups excluding carboxylic acids is 1. The maximum Gasteiger partial charge on any atom is 0.224 e. The maximum absolute atomic E-state index is 12.4. The van der Waals surface area contributed by atoms with Crippen molar-refractivity contribution < 1.29 is 4.79 Å². The molecule has 4 rings (SSSR count). The fourth-order valence-corrected chi connectivity index (χ4v) is 4.14. The van der Waals surface area contributed by atoms with Crippen LogP contribution in [0.15, 0.2) is 36.8 Å². The average molecular weight is 296 g/mol. The van der Waals surface area contributed by atoms with Crippen molar-refractivity contribution in [3.63, 3.8) is 0 Å². The largest absolute Gasteiger partial charge is 0.323 e. The van der Waals surface area contributed by atoms with Crippen LogP contribution < -0.4 is 5.32 Å². The Bertz CT molecular complexity index is 667. The van der Waals surface area contributed by atoms with Gasteiger partial charge in [0.2, 0.25) is 5.91 Å². The Balaban J connectivity index is 1.46. The average Bonchev–Trinajstić information content (AvgIpc) is 3.25. The summed E-state index contributed by atoms with van der Waals surface area (Å²) in [4.78, 5) is 16.7. The third kappa shape index (κ3) is 2.51. The topological polar surface area (TPSA) is 59.8 Å². The van der Waals surface area contributed by atoms with Gasteiger partial charge in [0, 0.05) is 25.0 Å². The van der Waals surface area contributed by atoms with Gasteiger partial charge in [-0.2, -0.15) is 5.10 Å². The molecule has 2 aromatic heterocycles. The molecular formula is C17H20N4O. The van der Waals surface area contributed by atoms with E-state index in [1.165, 1.54) is 25.7 Å². The highest BCUT2D eigenvalue weighted by Crippen LogP contribution is 2.49. The van der Waals surface area contributed by atoms with Gasteiger partial charge in [-0.1, -0.05) is 6.42 Å². The van der Waals surface area contributed by atoms with Crippen LogP contribution in [0.4, 0.5) is 5.69 Å². The molecule has 2 fully saturated rings. The fraction of sp³-hybridized carbons (Fsp3) is 0.471. The van der Waals surface area contributed by atoms with E-state index in [1.54, 1.807) is 17.1 Å². The van der Waals surface area contributed by atoms with Gasteiger partial charge in [0.15, 0.2) is 5.82 Å². The first-order valence-electron chi connectivity index (χ1n) is 8.04. The van der Waals surface area contributed by atoms with Crippen LogP contribution in [0.25, 0.3) is 5.82 Å². The van der Waals surface area contributed by atoms with Crippen molar-refractivity contribution in [3.8, 4) is 5.82 Å². The Morgan fingerprint density at radius 1 is 1.27 bits per heavy atom. The lowest BCUT2D eigenvalue weighted by atomic mass is 9.86. The second-order valence-electron chi connectivity index (χ2n) is 6.51. The third-order valence-corrected chi connectivity index (χ3v) is 5.11. The van der Waals surface area contributed by atoms with Crippen LogP contribution in [0, 0.1) is 17.8 Å². The fourth-order valence-electron chi connectivity index (χ4n) is 4.14. The van der Waals surface area contributed by atoms with E-state index in [0.717, 1.165) is 17.5 Å². The summed E-state index contributed by atoms with van der Waals surface area (Å²) in [7, 11) is 0. The summed E-state index contributed by atoms with van der Waals surface area (Å²) in [6.07, 6.45) is 11.1. The van der Waals surface area contributed by atoms with Crippen LogP contribution in [0.5, 0.6) is 0 Å². The van der Waals surface area contributed by atoms with Crippen LogP contribution in [0.3, 0.4) is 0 Å². The lowest BCUT2D eigenvalue weighted by molar-refractivity contribution is -0.117. The Morgan fingerprint density at radius 2 is 2.23 bits per heavy atom. The van der Waals surface area contributed by atoms with Gasteiger partial charge in [-0.05, 0) is 55.2 Å². The molecule has 3 atom stereocenters. The first kappa shape index (κ1) is 13.5. The molecule has 0 radical (unpaired) electrons. The standard InChI is InChI=1S/C17H20N4O/c22-16(11-14-10-12-4-5-13(14)9-12)20-15-3-1-6-18-17(15)21-8-2-7-19-21/h1-3,6-8,12-14H,4-5,9-11H2,(H,20,22). The van der Waals surface area contributed by atoms with Crippen LogP contribution in [0.1, 0.15) is 32.1 Å². The molecule has 0 saturated heterocycles. The van der Waals surface area contributed by atoms with Gasteiger partial charge >= 0.3 is 0 Å². The van der Waals surface area contributed by atoms with Gasteiger partial charge in [0.1, 0.15) is 0 Å². The number of nitrogens with zero attached hydrogens (tertiary/aromatic N) is 3. The number of nitrogens with one attached hydrogen (secondary N) is 1. The molecule has 22 heavy (non-hydrogen) atoms. The van der Waals surface area contributed by atoms with Gasteiger partial charge < -0.3 is 5.32 Å². The van der Waals surface area contributed by atoms with E-state index >= 15 is 0 Å². The summed E-state index contributed by atoms with van der Waals surface area (Å²) in [5.41, 5.74) is 0.722. The number of fused-ring (bicyclic) bond motifs is 2. The molecule has 5 heteroatoms. The molecule has 3 unspecified atom stereocenters. The van der Waals surface area contributed by atoms with Crippen molar-refractivity contribution in [3.05, 3.63) is 36.8 Å². The van der Waals surface area contributed by atoms with Crippen molar-refractivity contribution in [2.45, 2.75) is 32.1 Å². The first-order chi connectivity index (χ1) is 10.8. The number of pyridine rings is 1. The zero-order chi connectivity index (χ0) is 14.9. The third-order valence-electron chi connectivity index (χ3n) is 5.11. The molecule has 1 N–H and O–H groups in total. The van der Waals surface area contributed by atoms with E-state index in [2.05, 4.69) is 15.4 Å². The molecule has 2 bridgehead atoms. The van der Waals surface area contributed by atoms with Crippen molar-refractivity contribution >= 4 is 11.6 Å². The van der Waals surface area contributed by atoms with E-state index in [9.17, 15) is 4.79 Å². The summed E-state index contributed by atoms with van der Waals surface area (Å²) >= 11 is 0. The molecular weight excluding hydrogens is 276 g/mol. The number of rotatable bonds is 4. The molecule has 114 valence electrons. The van der Waals surface area contributed by atoms with Gasteiger partial charge in [-0.25, -0.2) is 9.67 Å². The molecule has 2 heterocycles. The lowest BCUT2D eigenvalue weighted by Gasteiger charge is -2.21. The first-order valence-corrected chi connectivity index (χ1v) is 8.04. The highest BCUT2D eigenvalue weighted by Gasteiger charge is 2.40. The normalized spacial score (nSPS) is 26.3. The molecule has 0 spiro atoms. The van der Waals surface area contributed by atoms with Crippen LogP contribution in [-0.2, 0) is 4.79 Å². The zero-order valence-electron chi connectivity index (χ0n) is 12.5. The molecule has 2 aliphatic rings. The Hall–Kier alpha value is -2.17. The molecule has 5 nitrogen and oxygen atoms in total. The Morgan fingerprint density at radius 3 is 2.95 bits per heavy atom. The van der Waals surface area contributed by atoms with Crippen LogP contribution in [-0.4, -0.2) is 20.7 Å². The van der Waals surface area contributed by atoms with Crippen molar-refractivity contribution in [1.29, 1.82) is 0 Å². The Labute approximate surface area is 129 Å². The molecule has 0 aromatic carbocycles. The molecule has 2 aliphatic carbocycles. The summed E-state index contributed by atoms with van der Waals surface area (Å²) in [5, 5.41) is 7.21. The molecule has 2 saturated carbocycles. The monoisotopic (exact) mass is 296 g/mol. The predicted molar refractivity (Wildman–Crippen MR) is 83.5 cm³/mol. The predicted octanol–water partition coefficient (Wildman–Crippen LogP) is 3.03. The number of aromatic nitrogens is 3. The van der Waals surface area contributed by atoms with Crippen molar-refractivity contribution in [2.24, 2.45) is 17.8 Å². The number of hydrogen-bond acceptors (Lipinski definition) is 3. The minimum absolute atomic E-state index is 0.0963. The SMILES string of the molecule is O=C(CC1CC2CCC1C2)Nc1cccnc1-n1cccn1. The highest BCUT2D eigenvalue weighted by molar-refractivity contribution is 5.92. The maximum atomic E-state index is 12.4. The minimum Gasteiger partial charge on any atom is -0.323 e. The molecule has 1 amide bonds. The van der Waals surface area contributed by atoms with E-state index in [-0.39, 0.29) is 5.91 Å². The van der Waals surface area contributed by atoms with Gasteiger partial charge in [-0.3, -0.25) is 4.79 Å². The molecule has 2 aromatic rings. The van der Waals surface area contributed by atoms with Gasteiger partial charge in [0.05, 0.1) is 5.69 Å². The summed E-state index contributed by atoms with van der Waals surface area (Å²) in [6.45, 7) is 0. The quantitative estimate of drug-likeness (QED) is 0.943. The van der Waals surface area contributed by atoms with Gasteiger partial charge in [0.25, 0.3) is 0 Å². The smallest absolute Gasteiger partial charge is 0.224 e. The molecule has 0 aliphatic heterocycles. The van der Waals surface area contributed by atoms with Crippen molar-refractivity contribution in [2.75, 3.05) is 5.32 Å². The summed E-state index contributed by atoms with van der Waals surface area (Å²) in [6, 6.07) is 5.55. The second-order valence-corrected chi connectivity index (χ2v) is 6.51. The van der Waals surface area contributed by atoms with Crippen LogP contribution >= 0.6 is 0 Å². The van der Waals surface area contributed by atoms with E-state index in [0.29, 0.717) is 18.2 Å². The minimum atomic E-state index is 0.0963. The zero-order valence-corrected chi connectivity index (χ0v) is 12.5. The number of hydrogen-bond donors (Lipinski definition) is 1. The van der Waals surface area contributed by atoms with E-state index in [1.807, 2.05) is 24.4 Å². The highest BCUT2D eigenvalue weighted by atomic mass is 16.1. The Kier molecular flexibility index (Phi) is 3.41. The number of anilines is 1. The summed E-state index contributed by atoms with van der Waals surface area (Å²) < 4.78 is 1.67. The van der Waals surface area contributed by atoms with Crippen LogP contribution in [0.2, 0.25) is 0 Å². The lowest BCUT2D eigenvalue weighted by Crippen LogP contribution is -2.21. The summed E-state index contributed by atoms with van der Waals surface area (Å²) in [5.74, 6) is 2.98. The van der Waals surface area contributed by atoms with Crippen molar-refractivity contribution in [1.82, 2.24) is 14.8 Å². The van der Waals surface area contributed by atoms with E-state index in [4.69, 9.17) is 0 Å². The number of amides is 1.